The normalized spacial score (nSPS) is 14.3. The third kappa shape index (κ3) is 20.7. The van der Waals surface area contributed by atoms with E-state index in [4.69, 9.17) is 9.47 Å². The maximum absolute atomic E-state index is 12.7. The van der Waals surface area contributed by atoms with Gasteiger partial charge < -0.3 is 9.47 Å². The molecule has 37 heavy (non-hydrogen) atoms. The zero-order chi connectivity index (χ0) is 26.7. The standard InChI is InChI=1S/C31H60O4.K.Li.2H/c1-9-11-13-15-17-19-21-23-30(7,26(3)4)34-28(32)25-29(33)35-31(8,27(5)6)24-22-20-18-16-14-12-10-2;;;;/h26-27H,9-25H2,1-8H3;;;;. The second-order valence-corrected chi connectivity index (χ2v) is 11.8. The van der Waals surface area contributed by atoms with Gasteiger partial charge in [0.2, 0.25) is 0 Å². The van der Waals surface area contributed by atoms with E-state index in [2.05, 4.69) is 41.5 Å². The summed E-state index contributed by atoms with van der Waals surface area (Å²) in [6.45, 7) is 16.8. The number of unbranched alkanes of at least 4 members (excludes halogenated alkanes) is 12. The van der Waals surface area contributed by atoms with Gasteiger partial charge in [-0.2, -0.15) is 0 Å². The monoisotopic (exact) mass is 544 g/mol. The zero-order valence-electron chi connectivity index (χ0n) is 24.8. The molecule has 0 radical (unpaired) electrons. The first kappa shape index (κ1) is 42.6. The van der Waals surface area contributed by atoms with Gasteiger partial charge in [-0.3, -0.25) is 9.59 Å². The van der Waals surface area contributed by atoms with Crippen molar-refractivity contribution in [2.45, 2.75) is 176 Å². The van der Waals surface area contributed by atoms with Gasteiger partial charge in [-0.15, -0.1) is 0 Å². The van der Waals surface area contributed by atoms with Crippen LogP contribution in [0.2, 0.25) is 0 Å². The van der Waals surface area contributed by atoms with Crippen LogP contribution in [0.1, 0.15) is 165 Å². The fourth-order valence-electron chi connectivity index (χ4n) is 4.49. The Hall–Kier alpha value is 1.17. The van der Waals surface area contributed by atoms with Crippen molar-refractivity contribution in [3.63, 3.8) is 0 Å². The van der Waals surface area contributed by atoms with Crippen molar-refractivity contribution in [3.05, 3.63) is 0 Å². The predicted octanol–water partition coefficient (Wildman–Crippen LogP) is 8.28. The van der Waals surface area contributed by atoms with Crippen molar-refractivity contribution in [3.8, 4) is 0 Å². The second-order valence-electron chi connectivity index (χ2n) is 11.8. The van der Waals surface area contributed by atoms with Gasteiger partial charge >= 0.3 is 82.2 Å². The Labute approximate surface area is 285 Å². The Bertz CT molecular complexity index is 521. The number of hydrogen-bond acceptors (Lipinski definition) is 4. The van der Waals surface area contributed by atoms with Gasteiger partial charge in [0.15, 0.2) is 0 Å². The van der Waals surface area contributed by atoms with Crippen molar-refractivity contribution < 1.29 is 19.1 Å². The average Bonchev–Trinajstić information content (AvgIpc) is 2.77. The summed E-state index contributed by atoms with van der Waals surface area (Å²) in [6.07, 6.45) is 18.6. The predicted molar refractivity (Wildman–Crippen MR) is 163 cm³/mol. The van der Waals surface area contributed by atoms with E-state index in [1.807, 2.05) is 13.8 Å². The summed E-state index contributed by atoms with van der Waals surface area (Å²) in [5, 5.41) is 0. The molecule has 0 aromatic carbocycles. The van der Waals surface area contributed by atoms with Gasteiger partial charge in [0.25, 0.3) is 0 Å². The SMILES string of the molecule is CCCCCCCCCC(C)(OC(=O)CC(=O)OC(C)(CCCCCCCCC)C(C)C)C(C)C.[KH].[LiH]. The quantitative estimate of drug-likeness (QED) is 0.0595. The van der Waals surface area contributed by atoms with E-state index < -0.39 is 23.1 Å². The molecule has 0 N–H and O–H groups in total. The minimum absolute atomic E-state index is 0. The van der Waals surface area contributed by atoms with Crippen LogP contribution in [0.25, 0.3) is 0 Å². The molecule has 4 nitrogen and oxygen atoms in total. The van der Waals surface area contributed by atoms with Crippen LogP contribution in [-0.4, -0.2) is 93.4 Å². The van der Waals surface area contributed by atoms with Crippen LogP contribution in [0.3, 0.4) is 0 Å². The van der Waals surface area contributed by atoms with Gasteiger partial charge in [-0.25, -0.2) is 0 Å². The number of hydrogen-bond donors (Lipinski definition) is 0. The molecule has 0 amide bonds. The van der Waals surface area contributed by atoms with E-state index in [9.17, 15) is 9.59 Å². The summed E-state index contributed by atoms with van der Waals surface area (Å²) in [6, 6.07) is 0. The van der Waals surface area contributed by atoms with Gasteiger partial charge in [-0.05, 0) is 51.4 Å². The van der Waals surface area contributed by atoms with Crippen LogP contribution in [0, 0.1) is 11.8 Å². The number of ether oxygens (including phenoxy) is 2. The Kier molecular flexibility index (Phi) is 28.7. The van der Waals surface area contributed by atoms with Gasteiger partial charge in [-0.1, -0.05) is 119 Å². The summed E-state index contributed by atoms with van der Waals surface area (Å²) in [7, 11) is 0. The molecular formula is C31H62KLiO4. The molecule has 0 saturated carbocycles. The molecule has 2 unspecified atom stereocenters. The summed E-state index contributed by atoms with van der Waals surface area (Å²) in [4.78, 5) is 25.4. The molecule has 0 rings (SSSR count). The molecule has 0 bridgehead atoms. The molecule has 0 aromatic heterocycles. The Morgan fingerprint density at radius 1 is 0.568 bits per heavy atom. The molecular weight excluding hydrogens is 482 g/mol. The van der Waals surface area contributed by atoms with E-state index in [0.717, 1.165) is 38.5 Å². The zero-order valence-corrected chi connectivity index (χ0v) is 24.8. The van der Waals surface area contributed by atoms with Crippen LogP contribution in [0.15, 0.2) is 0 Å². The molecule has 0 saturated heterocycles. The Morgan fingerprint density at radius 2 is 0.838 bits per heavy atom. The van der Waals surface area contributed by atoms with E-state index in [1.165, 1.54) is 64.2 Å². The van der Waals surface area contributed by atoms with Crippen LogP contribution < -0.4 is 0 Å². The summed E-state index contributed by atoms with van der Waals surface area (Å²) < 4.78 is 11.8. The van der Waals surface area contributed by atoms with Crippen molar-refractivity contribution in [1.82, 2.24) is 0 Å². The van der Waals surface area contributed by atoms with Crippen LogP contribution in [0.4, 0.5) is 0 Å². The van der Waals surface area contributed by atoms with Crippen molar-refractivity contribution in [2.75, 3.05) is 0 Å². The van der Waals surface area contributed by atoms with Crippen LogP contribution >= 0.6 is 0 Å². The second kappa shape index (κ2) is 24.9. The maximum atomic E-state index is 12.7. The first-order valence-corrected chi connectivity index (χ1v) is 14.9. The molecule has 0 spiro atoms. The average molecular weight is 545 g/mol. The van der Waals surface area contributed by atoms with Crippen molar-refractivity contribution in [2.24, 2.45) is 11.8 Å². The van der Waals surface area contributed by atoms with Gasteiger partial charge in [0, 0.05) is 0 Å². The van der Waals surface area contributed by atoms with Gasteiger partial charge in [0.1, 0.15) is 17.6 Å². The molecule has 0 heterocycles. The molecule has 2 atom stereocenters. The first-order valence-electron chi connectivity index (χ1n) is 14.9. The summed E-state index contributed by atoms with van der Waals surface area (Å²) >= 11 is 0. The number of carbonyl (C=O) groups excluding carboxylic acids is 2. The molecule has 0 aliphatic rings. The topological polar surface area (TPSA) is 52.6 Å². The molecule has 0 aromatic rings. The number of esters is 2. The van der Waals surface area contributed by atoms with E-state index >= 15 is 0 Å². The van der Waals surface area contributed by atoms with Crippen molar-refractivity contribution >= 4 is 82.2 Å². The molecule has 212 valence electrons. The Balaban J connectivity index is -0.00000578. The summed E-state index contributed by atoms with van der Waals surface area (Å²) in [5.41, 5.74) is -1.08. The molecule has 0 fully saturated rings. The van der Waals surface area contributed by atoms with E-state index in [-0.39, 0.29) is 88.5 Å². The number of rotatable bonds is 22. The molecule has 0 aliphatic carbocycles. The van der Waals surface area contributed by atoms with E-state index in [0.29, 0.717) is 0 Å². The molecule has 6 heteroatoms. The van der Waals surface area contributed by atoms with Crippen molar-refractivity contribution in [1.29, 1.82) is 0 Å². The van der Waals surface area contributed by atoms with Crippen LogP contribution in [0.5, 0.6) is 0 Å². The van der Waals surface area contributed by atoms with E-state index in [1.54, 1.807) is 0 Å². The summed E-state index contributed by atoms with van der Waals surface area (Å²) in [5.74, 6) is -0.533. The van der Waals surface area contributed by atoms with Gasteiger partial charge in [0.05, 0.1) is 0 Å². The number of carbonyl (C=O) groups is 2. The third-order valence-corrected chi connectivity index (χ3v) is 7.98. The third-order valence-electron chi connectivity index (χ3n) is 7.98. The fraction of sp³-hybridized carbons (Fsp3) is 0.935. The van der Waals surface area contributed by atoms with Crippen LogP contribution in [-0.2, 0) is 19.1 Å². The minimum atomic E-state index is -0.542. The fourth-order valence-corrected chi connectivity index (χ4v) is 4.49. The first-order chi connectivity index (χ1) is 16.5. The Morgan fingerprint density at radius 3 is 1.11 bits per heavy atom. The molecule has 0 aliphatic heterocycles.